The Labute approximate surface area is 121 Å². The van der Waals surface area contributed by atoms with Crippen LogP contribution in [0.3, 0.4) is 0 Å². The Morgan fingerprint density at radius 3 is 2.35 bits per heavy atom. The van der Waals surface area contributed by atoms with Crippen LogP contribution in [0.15, 0.2) is 18.2 Å². The lowest BCUT2D eigenvalue weighted by molar-refractivity contribution is -0.137. The van der Waals surface area contributed by atoms with E-state index < -0.39 is 23.9 Å². The third-order valence-corrected chi connectivity index (χ3v) is 3.46. The summed E-state index contributed by atoms with van der Waals surface area (Å²) in [6.07, 6.45) is -4.20. The van der Waals surface area contributed by atoms with E-state index in [4.69, 9.17) is 17.3 Å². The van der Waals surface area contributed by atoms with Gasteiger partial charge in [-0.05, 0) is 36.5 Å². The predicted molar refractivity (Wildman–Crippen MR) is 73.5 cm³/mol. The highest BCUT2D eigenvalue weighted by molar-refractivity contribution is 6.31. The van der Waals surface area contributed by atoms with Crippen LogP contribution in [0, 0.1) is 5.92 Å². The Morgan fingerprint density at radius 2 is 1.85 bits per heavy atom. The molecule has 0 aliphatic heterocycles. The molecule has 6 heteroatoms. The van der Waals surface area contributed by atoms with Crippen LogP contribution in [0.4, 0.5) is 13.2 Å². The first-order valence-corrected chi connectivity index (χ1v) is 6.81. The lowest BCUT2D eigenvalue weighted by Gasteiger charge is -2.21. The maximum atomic E-state index is 12.8. The van der Waals surface area contributed by atoms with Gasteiger partial charge in [-0.1, -0.05) is 31.5 Å². The van der Waals surface area contributed by atoms with Gasteiger partial charge in [-0.15, -0.1) is 0 Å². The van der Waals surface area contributed by atoms with Crippen LogP contribution >= 0.6 is 11.6 Å². The van der Waals surface area contributed by atoms with Crippen LogP contribution in [-0.2, 0) is 6.18 Å². The maximum absolute atomic E-state index is 12.8. The van der Waals surface area contributed by atoms with Gasteiger partial charge in [0, 0.05) is 0 Å². The molecular formula is C14H19ClF3NO. The zero-order valence-corrected chi connectivity index (χ0v) is 12.2. The summed E-state index contributed by atoms with van der Waals surface area (Å²) in [6, 6.07) is 2.63. The molecule has 0 heterocycles. The minimum absolute atomic E-state index is 0.234. The molecule has 0 aliphatic rings. The fourth-order valence-corrected chi connectivity index (χ4v) is 2.10. The molecule has 114 valence electrons. The lowest BCUT2D eigenvalue weighted by Crippen LogP contribution is -2.27. The molecule has 0 saturated heterocycles. The van der Waals surface area contributed by atoms with E-state index in [1.807, 2.05) is 13.8 Å². The Balaban J connectivity index is 2.91. The molecule has 3 N–H and O–H groups in total. The first-order chi connectivity index (χ1) is 9.12. The minimum Gasteiger partial charge on any atom is -0.391 e. The highest BCUT2D eigenvalue weighted by Gasteiger charge is 2.34. The highest BCUT2D eigenvalue weighted by Crippen LogP contribution is 2.36. The van der Waals surface area contributed by atoms with Crippen LogP contribution in [0.25, 0.3) is 0 Å². The molecular weight excluding hydrogens is 291 g/mol. The van der Waals surface area contributed by atoms with E-state index in [1.165, 1.54) is 6.07 Å². The van der Waals surface area contributed by atoms with E-state index in [9.17, 15) is 18.3 Å². The summed E-state index contributed by atoms with van der Waals surface area (Å²) in [5.41, 5.74) is 5.13. The summed E-state index contributed by atoms with van der Waals surface area (Å²) in [4.78, 5) is 0. The normalized spacial score (nSPS) is 15.4. The second-order valence-corrected chi connectivity index (χ2v) is 5.71. The Kier molecular flexibility index (Phi) is 5.86. The van der Waals surface area contributed by atoms with Crippen molar-refractivity contribution in [1.82, 2.24) is 0 Å². The summed E-state index contributed by atoms with van der Waals surface area (Å²) < 4.78 is 38.3. The summed E-state index contributed by atoms with van der Waals surface area (Å²) >= 11 is 5.54. The van der Waals surface area contributed by atoms with Crippen molar-refractivity contribution in [2.75, 3.05) is 0 Å². The molecule has 1 rings (SSSR count). The highest BCUT2D eigenvalue weighted by atomic mass is 35.5. The van der Waals surface area contributed by atoms with Crippen LogP contribution in [0.5, 0.6) is 0 Å². The van der Waals surface area contributed by atoms with Crippen molar-refractivity contribution in [2.24, 2.45) is 11.7 Å². The quantitative estimate of drug-likeness (QED) is 0.858. The lowest BCUT2D eigenvalue weighted by atomic mass is 9.95. The van der Waals surface area contributed by atoms with E-state index in [0.29, 0.717) is 12.3 Å². The fraction of sp³-hybridized carbons (Fsp3) is 0.571. The van der Waals surface area contributed by atoms with Gasteiger partial charge in [0.25, 0.3) is 0 Å². The van der Waals surface area contributed by atoms with Gasteiger partial charge in [-0.2, -0.15) is 13.2 Å². The van der Waals surface area contributed by atoms with Gasteiger partial charge in [-0.25, -0.2) is 0 Å². The molecule has 1 aromatic carbocycles. The molecule has 0 bridgehead atoms. The van der Waals surface area contributed by atoms with Crippen LogP contribution in [0.2, 0.25) is 5.02 Å². The molecule has 2 nitrogen and oxygen atoms in total. The molecule has 20 heavy (non-hydrogen) atoms. The third-order valence-electron chi connectivity index (χ3n) is 3.14. The van der Waals surface area contributed by atoms with E-state index >= 15 is 0 Å². The number of benzene rings is 1. The molecule has 0 spiro atoms. The topological polar surface area (TPSA) is 46.2 Å². The average Bonchev–Trinajstić information content (AvgIpc) is 2.34. The Bertz CT molecular complexity index is 449. The Morgan fingerprint density at radius 1 is 1.25 bits per heavy atom. The van der Waals surface area contributed by atoms with Crippen LogP contribution in [0.1, 0.15) is 43.9 Å². The third kappa shape index (κ3) is 4.65. The average molecular weight is 310 g/mol. The molecule has 2 atom stereocenters. The molecule has 1 aromatic rings. The van der Waals surface area contributed by atoms with Crippen molar-refractivity contribution in [1.29, 1.82) is 0 Å². The van der Waals surface area contributed by atoms with Gasteiger partial charge in [0.15, 0.2) is 0 Å². The number of aliphatic hydroxyl groups excluding tert-OH is 1. The smallest absolute Gasteiger partial charge is 0.391 e. The molecule has 0 saturated carbocycles. The van der Waals surface area contributed by atoms with E-state index in [-0.39, 0.29) is 10.6 Å². The number of hydrogen-bond acceptors (Lipinski definition) is 2. The van der Waals surface area contributed by atoms with Crippen molar-refractivity contribution in [2.45, 2.75) is 45.0 Å². The zero-order chi connectivity index (χ0) is 15.5. The summed E-state index contributed by atoms with van der Waals surface area (Å²) in [5, 5.41) is 9.57. The second kappa shape index (κ2) is 6.78. The van der Waals surface area contributed by atoms with Crippen LogP contribution in [-0.4, -0.2) is 11.2 Å². The molecule has 0 aromatic heterocycles. The molecule has 0 unspecified atom stereocenters. The maximum Gasteiger partial charge on any atom is 0.417 e. The van der Waals surface area contributed by atoms with E-state index in [2.05, 4.69) is 0 Å². The van der Waals surface area contributed by atoms with Crippen molar-refractivity contribution >= 4 is 11.6 Å². The monoisotopic (exact) mass is 309 g/mol. The fourth-order valence-electron chi connectivity index (χ4n) is 1.87. The predicted octanol–water partition coefficient (Wildman–Crippen LogP) is 4.16. The summed E-state index contributed by atoms with van der Waals surface area (Å²) in [7, 11) is 0. The zero-order valence-electron chi connectivity index (χ0n) is 11.4. The number of aliphatic hydroxyl groups is 1. The number of halogens is 4. The van der Waals surface area contributed by atoms with Crippen molar-refractivity contribution in [3.05, 3.63) is 34.3 Å². The number of nitrogens with two attached hydrogens (primary N) is 1. The van der Waals surface area contributed by atoms with Gasteiger partial charge >= 0.3 is 6.18 Å². The molecule has 0 amide bonds. The molecule has 0 fully saturated rings. The van der Waals surface area contributed by atoms with Gasteiger partial charge in [-0.3, -0.25) is 0 Å². The minimum atomic E-state index is -4.53. The van der Waals surface area contributed by atoms with Crippen molar-refractivity contribution in [3.8, 4) is 0 Å². The molecule has 0 radical (unpaired) electrons. The van der Waals surface area contributed by atoms with Crippen molar-refractivity contribution in [3.63, 3.8) is 0 Å². The van der Waals surface area contributed by atoms with Crippen LogP contribution < -0.4 is 5.73 Å². The standard InChI is InChI=1S/C14H19ClF3NO/c1-8(2)3-6-12(20)13(19)9-4-5-11(15)10(7-9)14(16,17)18/h4-5,7-8,12-13,20H,3,6,19H2,1-2H3/t12-,13+/m1/s1. The van der Waals surface area contributed by atoms with Gasteiger partial charge in [0.1, 0.15) is 0 Å². The summed E-state index contributed by atoms with van der Waals surface area (Å²) in [5.74, 6) is 0.396. The number of alkyl halides is 3. The van der Waals surface area contributed by atoms with E-state index in [1.54, 1.807) is 0 Å². The first kappa shape index (κ1) is 17.3. The van der Waals surface area contributed by atoms with Gasteiger partial charge < -0.3 is 10.8 Å². The number of rotatable bonds is 5. The van der Waals surface area contributed by atoms with Gasteiger partial charge in [0.05, 0.1) is 22.7 Å². The number of hydrogen-bond donors (Lipinski definition) is 2. The van der Waals surface area contributed by atoms with Gasteiger partial charge in [0.2, 0.25) is 0 Å². The SMILES string of the molecule is CC(C)CC[C@@H](O)[C@@H](N)c1ccc(Cl)c(C(F)(F)F)c1. The first-order valence-electron chi connectivity index (χ1n) is 6.43. The largest absolute Gasteiger partial charge is 0.417 e. The summed E-state index contributed by atoms with van der Waals surface area (Å²) in [6.45, 7) is 4.00. The second-order valence-electron chi connectivity index (χ2n) is 5.30. The van der Waals surface area contributed by atoms with E-state index in [0.717, 1.165) is 18.6 Å². The van der Waals surface area contributed by atoms with Crippen molar-refractivity contribution < 1.29 is 18.3 Å². The Hall–Kier alpha value is -0.780. The molecule has 0 aliphatic carbocycles.